The third-order valence-corrected chi connectivity index (χ3v) is 6.77. The zero-order valence-corrected chi connectivity index (χ0v) is 16.5. The SMILES string of the molecule is C[C@H](CO)Nc1nc(SCc2ccccc2)nc2sc3c(c12)CCCC3. The van der Waals surface area contributed by atoms with Crippen LogP contribution in [0.1, 0.15) is 35.8 Å². The van der Waals surface area contributed by atoms with Gasteiger partial charge in [-0.3, -0.25) is 0 Å². The van der Waals surface area contributed by atoms with Gasteiger partial charge in [-0.05, 0) is 43.7 Å². The Hall–Kier alpha value is -1.63. The lowest BCUT2D eigenvalue weighted by molar-refractivity contribution is 0.281. The molecular formula is C20H23N3OS2. The molecule has 1 atom stereocenters. The molecule has 1 aliphatic carbocycles. The van der Waals surface area contributed by atoms with Gasteiger partial charge in [0.2, 0.25) is 0 Å². The highest BCUT2D eigenvalue weighted by Crippen LogP contribution is 2.39. The van der Waals surface area contributed by atoms with E-state index in [2.05, 4.69) is 29.6 Å². The molecule has 0 saturated carbocycles. The zero-order valence-electron chi connectivity index (χ0n) is 14.9. The smallest absolute Gasteiger partial charge is 0.191 e. The van der Waals surface area contributed by atoms with Crippen molar-refractivity contribution in [3.8, 4) is 0 Å². The summed E-state index contributed by atoms with van der Waals surface area (Å²) in [6.07, 6.45) is 4.76. The summed E-state index contributed by atoms with van der Waals surface area (Å²) in [4.78, 5) is 12.2. The first-order valence-corrected chi connectivity index (χ1v) is 10.9. The van der Waals surface area contributed by atoms with Crippen molar-refractivity contribution in [1.82, 2.24) is 9.97 Å². The first kappa shape index (κ1) is 17.8. The number of aliphatic hydroxyl groups excluding tert-OH is 1. The van der Waals surface area contributed by atoms with E-state index in [4.69, 9.17) is 9.97 Å². The van der Waals surface area contributed by atoms with Crippen molar-refractivity contribution in [2.45, 2.75) is 49.6 Å². The molecule has 2 heterocycles. The molecule has 0 amide bonds. The monoisotopic (exact) mass is 385 g/mol. The van der Waals surface area contributed by atoms with E-state index in [0.717, 1.165) is 34.4 Å². The number of thiophene rings is 1. The maximum atomic E-state index is 9.47. The fourth-order valence-corrected chi connectivity index (χ4v) is 5.43. The highest BCUT2D eigenvalue weighted by Gasteiger charge is 2.22. The van der Waals surface area contributed by atoms with Gasteiger partial charge in [0.05, 0.1) is 12.0 Å². The summed E-state index contributed by atoms with van der Waals surface area (Å²) in [7, 11) is 0. The van der Waals surface area contributed by atoms with Gasteiger partial charge in [0.25, 0.3) is 0 Å². The molecule has 1 aliphatic rings. The number of benzene rings is 1. The van der Waals surface area contributed by atoms with E-state index in [1.807, 2.05) is 24.3 Å². The van der Waals surface area contributed by atoms with Gasteiger partial charge >= 0.3 is 0 Å². The molecule has 6 heteroatoms. The van der Waals surface area contributed by atoms with Crippen molar-refractivity contribution >= 4 is 39.1 Å². The molecule has 0 saturated heterocycles. The van der Waals surface area contributed by atoms with Crippen molar-refractivity contribution in [3.05, 3.63) is 46.3 Å². The highest BCUT2D eigenvalue weighted by atomic mass is 32.2. The number of nitrogens with zero attached hydrogens (tertiary/aromatic N) is 2. The molecule has 4 nitrogen and oxygen atoms in total. The predicted molar refractivity (Wildman–Crippen MR) is 110 cm³/mol. The van der Waals surface area contributed by atoms with Crippen LogP contribution in [0.5, 0.6) is 0 Å². The van der Waals surface area contributed by atoms with Crippen LogP contribution in [0.2, 0.25) is 0 Å². The zero-order chi connectivity index (χ0) is 17.9. The average Bonchev–Trinajstić information content (AvgIpc) is 3.05. The van der Waals surface area contributed by atoms with Crippen molar-refractivity contribution in [2.75, 3.05) is 11.9 Å². The van der Waals surface area contributed by atoms with Crippen molar-refractivity contribution in [3.63, 3.8) is 0 Å². The highest BCUT2D eigenvalue weighted by molar-refractivity contribution is 7.98. The number of aromatic nitrogens is 2. The number of aliphatic hydroxyl groups is 1. The Kier molecular flexibility index (Phi) is 5.43. The summed E-state index contributed by atoms with van der Waals surface area (Å²) < 4.78 is 0. The topological polar surface area (TPSA) is 58.0 Å². The maximum Gasteiger partial charge on any atom is 0.191 e. The Bertz CT molecular complexity index is 895. The van der Waals surface area contributed by atoms with E-state index in [-0.39, 0.29) is 12.6 Å². The molecule has 0 aliphatic heterocycles. The van der Waals surface area contributed by atoms with Gasteiger partial charge in [-0.2, -0.15) is 0 Å². The molecule has 2 aromatic heterocycles. The minimum atomic E-state index is -0.0285. The number of aryl methyl sites for hydroxylation is 2. The molecule has 136 valence electrons. The van der Waals surface area contributed by atoms with Crippen molar-refractivity contribution in [2.24, 2.45) is 0 Å². The van der Waals surface area contributed by atoms with Gasteiger partial charge in [-0.15, -0.1) is 11.3 Å². The number of anilines is 1. The van der Waals surface area contributed by atoms with E-state index in [1.165, 1.54) is 34.2 Å². The number of thioether (sulfide) groups is 1. The van der Waals surface area contributed by atoms with Crippen LogP contribution in [0.15, 0.2) is 35.5 Å². The lowest BCUT2D eigenvalue weighted by Crippen LogP contribution is -2.20. The minimum Gasteiger partial charge on any atom is -0.394 e. The molecule has 2 N–H and O–H groups in total. The van der Waals surface area contributed by atoms with Gasteiger partial charge in [-0.1, -0.05) is 42.1 Å². The van der Waals surface area contributed by atoms with Crippen LogP contribution in [0.4, 0.5) is 5.82 Å². The van der Waals surface area contributed by atoms with E-state index < -0.39 is 0 Å². The van der Waals surface area contributed by atoms with Gasteiger partial charge in [-0.25, -0.2) is 9.97 Å². The number of rotatable bonds is 6. The number of nitrogens with one attached hydrogen (secondary N) is 1. The summed E-state index contributed by atoms with van der Waals surface area (Å²) >= 11 is 3.48. The summed E-state index contributed by atoms with van der Waals surface area (Å²) in [5.41, 5.74) is 2.69. The van der Waals surface area contributed by atoms with Crippen LogP contribution in [0.3, 0.4) is 0 Å². The molecule has 0 radical (unpaired) electrons. The first-order valence-electron chi connectivity index (χ1n) is 9.11. The van der Waals surface area contributed by atoms with Crippen molar-refractivity contribution < 1.29 is 5.11 Å². The first-order chi connectivity index (χ1) is 12.7. The average molecular weight is 386 g/mol. The summed E-state index contributed by atoms with van der Waals surface area (Å²) in [5.74, 6) is 1.73. The Morgan fingerprint density at radius 3 is 2.81 bits per heavy atom. The maximum absolute atomic E-state index is 9.47. The van der Waals surface area contributed by atoms with Crippen LogP contribution in [-0.4, -0.2) is 27.7 Å². The quantitative estimate of drug-likeness (QED) is 0.478. The van der Waals surface area contributed by atoms with E-state index >= 15 is 0 Å². The molecule has 0 unspecified atom stereocenters. The molecule has 3 aromatic rings. The summed E-state index contributed by atoms with van der Waals surface area (Å²) in [6, 6.07) is 10.4. The van der Waals surface area contributed by atoms with Crippen LogP contribution in [0.25, 0.3) is 10.2 Å². The third kappa shape index (κ3) is 3.72. The Balaban J connectivity index is 1.70. The van der Waals surface area contributed by atoms with Gasteiger partial charge in [0.1, 0.15) is 10.6 Å². The van der Waals surface area contributed by atoms with Gasteiger partial charge in [0, 0.05) is 16.7 Å². The second-order valence-electron chi connectivity index (χ2n) is 6.75. The van der Waals surface area contributed by atoms with Crippen LogP contribution in [-0.2, 0) is 18.6 Å². The number of fused-ring (bicyclic) bond motifs is 3. The molecule has 0 spiro atoms. The van der Waals surface area contributed by atoms with Crippen molar-refractivity contribution in [1.29, 1.82) is 0 Å². The predicted octanol–water partition coefficient (Wildman–Crippen LogP) is 4.66. The van der Waals surface area contributed by atoms with Crippen LogP contribution in [0, 0.1) is 0 Å². The fourth-order valence-electron chi connectivity index (χ4n) is 3.31. The number of hydrogen-bond donors (Lipinski definition) is 2. The molecule has 4 rings (SSSR count). The van der Waals surface area contributed by atoms with Crippen LogP contribution >= 0.6 is 23.1 Å². The standard InChI is InChI=1S/C20H23N3OS2/c1-13(11-24)21-18-17-15-9-5-6-10-16(15)26-19(17)23-20(22-18)25-12-14-7-3-2-4-8-14/h2-4,7-8,13,24H,5-6,9-12H2,1H3,(H,21,22,23)/t13-/m1/s1. The molecule has 0 bridgehead atoms. The molecule has 0 fully saturated rings. The largest absolute Gasteiger partial charge is 0.394 e. The minimum absolute atomic E-state index is 0.0285. The summed E-state index contributed by atoms with van der Waals surface area (Å²) in [5, 5.41) is 14.8. The normalized spacial score (nSPS) is 15.0. The molecule has 26 heavy (non-hydrogen) atoms. The third-order valence-electron chi connectivity index (χ3n) is 4.66. The summed E-state index contributed by atoms with van der Waals surface area (Å²) in [6.45, 7) is 2.06. The van der Waals surface area contributed by atoms with E-state index in [0.29, 0.717) is 0 Å². The number of hydrogen-bond acceptors (Lipinski definition) is 6. The fraction of sp³-hybridized carbons (Fsp3) is 0.400. The lowest BCUT2D eigenvalue weighted by atomic mass is 9.97. The second kappa shape index (κ2) is 7.94. The molecular weight excluding hydrogens is 362 g/mol. The Morgan fingerprint density at radius 2 is 2.00 bits per heavy atom. The van der Waals surface area contributed by atoms with Gasteiger partial charge < -0.3 is 10.4 Å². The van der Waals surface area contributed by atoms with E-state index in [1.54, 1.807) is 11.8 Å². The Labute approximate surface area is 162 Å². The van der Waals surface area contributed by atoms with Crippen LogP contribution < -0.4 is 5.32 Å². The van der Waals surface area contributed by atoms with Gasteiger partial charge in [0.15, 0.2) is 5.16 Å². The molecule has 1 aromatic carbocycles. The Morgan fingerprint density at radius 1 is 1.19 bits per heavy atom. The van der Waals surface area contributed by atoms with E-state index in [9.17, 15) is 5.11 Å². The second-order valence-corrected chi connectivity index (χ2v) is 8.77. The lowest BCUT2D eigenvalue weighted by Gasteiger charge is -2.16.